The predicted octanol–water partition coefficient (Wildman–Crippen LogP) is 1.48. The molecule has 3 heterocycles. The largest absolute Gasteiger partial charge is 0.337 e. The number of amides is 1. The van der Waals surface area contributed by atoms with Crippen LogP contribution in [0.2, 0.25) is 0 Å². The number of hydrogen-bond acceptors (Lipinski definition) is 3. The third-order valence-corrected chi connectivity index (χ3v) is 4.25. The molecule has 2 aromatic rings. The lowest BCUT2D eigenvalue weighted by atomic mass is 9.96. The summed E-state index contributed by atoms with van der Waals surface area (Å²) in [5.74, 6) is 0.726. The molecule has 0 unspecified atom stereocenters. The zero-order valence-electron chi connectivity index (χ0n) is 12.6. The third kappa shape index (κ3) is 2.84. The van der Waals surface area contributed by atoms with Gasteiger partial charge in [-0.15, -0.1) is 0 Å². The average molecular weight is 287 g/mol. The van der Waals surface area contributed by atoms with Gasteiger partial charge in [-0.3, -0.25) is 4.79 Å². The Bertz CT molecular complexity index is 589. The molecule has 0 N–H and O–H groups in total. The fraction of sp³-hybridized carbons (Fsp3) is 0.533. The Kier molecular flexibility index (Phi) is 3.77. The van der Waals surface area contributed by atoms with Crippen LogP contribution in [-0.4, -0.2) is 43.0 Å². The van der Waals surface area contributed by atoms with E-state index in [0.29, 0.717) is 11.6 Å². The number of likely N-dealkylation sites (tertiary alicyclic amines) is 1. The van der Waals surface area contributed by atoms with Gasteiger partial charge in [-0.1, -0.05) is 0 Å². The molecule has 0 bridgehead atoms. The molecule has 6 nitrogen and oxygen atoms in total. The molecular formula is C15H21N5O. The molecule has 0 atom stereocenters. The van der Waals surface area contributed by atoms with Crippen molar-refractivity contribution in [3.63, 3.8) is 0 Å². The first-order valence-corrected chi connectivity index (χ1v) is 7.38. The van der Waals surface area contributed by atoms with E-state index in [1.54, 1.807) is 6.33 Å². The van der Waals surface area contributed by atoms with Crippen LogP contribution in [0.15, 0.2) is 25.0 Å². The van der Waals surface area contributed by atoms with E-state index in [0.717, 1.165) is 38.2 Å². The van der Waals surface area contributed by atoms with Crippen LogP contribution in [0.5, 0.6) is 0 Å². The number of aromatic nitrogens is 4. The fourth-order valence-electron chi connectivity index (χ4n) is 3.01. The molecule has 1 aliphatic heterocycles. The number of piperidine rings is 1. The van der Waals surface area contributed by atoms with E-state index in [1.165, 1.54) is 0 Å². The second kappa shape index (κ2) is 5.71. The van der Waals surface area contributed by atoms with Crippen LogP contribution in [0, 0.1) is 12.8 Å². The molecule has 0 radical (unpaired) electrons. The van der Waals surface area contributed by atoms with Crippen molar-refractivity contribution >= 4 is 5.91 Å². The molecule has 3 rings (SSSR count). The lowest BCUT2D eigenvalue weighted by Gasteiger charge is -2.32. The maximum absolute atomic E-state index is 12.6. The van der Waals surface area contributed by atoms with Crippen LogP contribution in [0.25, 0.3) is 0 Å². The Balaban J connectivity index is 1.59. The van der Waals surface area contributed by atoms with Crippen LogP contribution < -0.4 is 0 Å². The summed E-state index contributed by atoms with van der Waals surface area (Å²) < 4.78 is 3.93. The highest BCUT2D eigenvalue weighted by atomic mass is 16.2. The first-order valence-electron chi connectivity index (χ1n) is 7.38. The second-order valence-electron chi connectivity index (χ2n) is 5.78. The van der Waals surface area contributed by atoms with Gasteiger partial charge in [-0.05, 0) is 25.7 Å². The van der Waals surface area contributed by atoms with E-state index in [2.05, 4.69) is 14.5 Å². The minimum absolute atomic E-state index is 0.105. The SMILES string of the molecule is Cc1ncn(C)c1C(=O)N1CCC(Cn2ccnc2)CC1. The number of imidazole rings is 2. The smallest absolute Gasteiger partial charge is 0.272 e. The van der Waals surface area contributed by atoms with Gasteiger partial charge >= 0.3 is 0 Å². The first-order chi connectivity index (χ1) is 10.1. The molecule has 2 aromatic heterocycles. The second-order valence-corrected chi connectivity index (χ2v) is 5.78. The summed E-state index contributed by atoms with van der Waals surface area (Å²) in [6.45, 7) is 4.53. The van der Waals surface area contributed by atoms with Crippen molar-refractivity contribution in [1.82, 2.24) is 24.0 Å². The minimum Gasteiger partial charge on any atom is -0.337 e. The molecule has 1 fully saturated rings. The Morgan fingerprint density at radius 1 is 1.33 bits per heavy atom. The van der Waals surface area contributed by atoms with Gasteiger partial charge in [0.1, 0.15) is 5.69 Å². The van der Waals surface area contributed by atoms with Gasteiger partial charge in [0.2, 0.25) is 0 Å². The monoisotopic (exact) mass is 287 g/mol. The highest BCUT2D eigenvalue weighted by Crippen LogP contribution is 2.21. The minimum atomic E-state index is 0.105. The quantitative estimate of drug-likeness (QED) is 0.859. The number of aryl methyl sites for hydroxylation is 2. The summed E-state index contributed by atoms with van der Waals surface area (Å²) in [4.78, 5) is 22.8. The number of carbonyl (C=O) groups is 1. The van der Waals surface area contributed by atoms with Crippen molar-refractivity contribution < 1.29 is 4.79 Å². The maximum Gasteiger partial charge on any atom is 0.272 e. The van der Waals surface area contributed by atoms with Crippen LogP contribution in [0.4, 0.5) is 0 Å². The Morgan fingerprint density at radius 3 is 2.67 bits per heavy atom. The zero-order chi connectivity index (χ0) is 14.8. The van der Waals surface area contributed by atoms with Crippen molar-refractivity contribution in [2.24, 2.45) is 13.0 Å². The molecule has 0 aromatic carbocycles. The molecule has 0 aliphatic carbocycles. The van der Waals surface area contributed by atoms with Crippen LogP contribution in [-0.2, 0) is 13.6 Å². The molecule has 112 valence electrons. The van der Waals surface area contributed by atoms with Gasteiger partial charge in [0, 0.05) is 39.1 Å². The molecule has 21 heavy (non-hydrogen) atoms. The third-order valence-electron chi connectivity index (χ3n) is 4.25. The number of rotatable bonds is 3. The Hall–Kier alpha value is -2.11. The summed E-state index contributed by atoms with van der Waals surface area (Å²) in [7, 11) is 1.87. The van der Waals surface area contributed by atoms with Gasteiger partial charge in [0.15, 0.2) is 0 Å². The van der Waals surface area contributed by atoms with Gasteiger partial charge in [0.05, 0.1) is 18.3 Å². The van der Waals surface area contributed by atoms with Crippen LogP contribution in [0.1, 0.15) is 29.0 Å². The van der Waals surface area contributed by atoms with Gasteiger partial charge in [0.25, 0.3) is 5.91 Å². The standard InChI is InChI=1S/C15H21N5O/c1-12-14(18(2)11-17-12)15(21)20-6-3-13(4-7-20)9-19-8-5-16-10-19/h5,8,10-11,13H,3-4,6-7,9H2,1-2H3. The summed E-state index contributed by atoms with van der Waals surface area (Å²) in [5.41, 5.74) is 1.52. The first kappa shape index (κ1) is 13.9. The number of carbonyl (C=O) groups excluding carboxylic acids is 1. The van der Waals surface area contributed by atoms with Gasteiger partial charge in [-0.2, -0.15) is 0 Å². The number of hydrogen-bond donors (Lipinski definition) is 0. The van der Waals surface area contributed by atoms with E-state index in [1.807, 2.05) is 42.2 Å². The molecule has 1 amide bonds. The Labute approximate surface area is 124 Å². The van der Waals surface area contributed by atoms with E-state index in [9.17, 15) is 4.79 Å². The molecule has 1 saturated heterocycles. The van der Waals surface area contributed by atoms with Gasteiger partial charge < -0.3 is 14.0 Å². The molecular weight excluding hydrogens is 266 g/mol. The molecule has 0 spiro atoms. The zero-order valence-corrected chi connectivity index (χ0v) is 12.6. The highest BCUT2D eigenvalue weighted by molar-refractivity contribution is 5.93. The maximum atomic E-state index is 12.6. The van der Waals surface area contributed by atoms with E-state index in [4.69, 9.17) is 0 Å². The lowest BCUT2D eigenvalue weighted by Crippen LogP contribution is -2.40. The predicted molar refractivity (Wildman–Crippen MR) is 78.8 cm³/mol. The Morgan fingerprint density at radius 2 is 2.10 bits per heavy atom. The van der Waals surface area contributed by atoms with E-state index < -0.39 is 0 Å². The summed E-state index contributed by atoms with van der Waals surface area (Å²) in [6.07, 6.45) is 9.45. The van der Waals surface area contributed by atoms with Crippen molar-refractivity contribution in [2.75, 3.05) is 13.1 Å². The molecule has 0 saturated carbocycles. The summed E-state index contributed by atoms with van der Waals surface area (Å²) in [5, 5.41) is 0. The van der Waals surface area contributed by atoms with E-state index in [-0.39, 0.29) is 5.91 Å². The van der Waals surface area contributed by atoms with Crippen molar-refractivity contribution in [2.45, 2.75) is 26.3 Å². The topological polar surface area (TPSA) is 56.0 Å². The van der Waals surface area contributed by atoms with Crippen LogP contribution in [0.3, 0.4) is 0 Å². The fourth-order valence-corrected chi connectivity index (χ4v) is 3.01. The number of nitrogens with zero attached hydrogens (tertiary/aromatic N) is 5. The lowest BCUT2D eigenvalue weighted by molar-refractivity contribution is 0.0672. The molecule has 1 aliphatic rings. The normalized spacial score (nSPS) is 16.4. The summed E-state index contributed by atoms with van der Waals surface area (Å²) >= 11 is 0. The van der Waals surface area contributed by atoms with Crippen molar-refractivity contribution in [3.8, 4) is 0 Å². The van der Waals surface area contributed by atoms with Gasteiger partial charge in [-0.25, -0.2) is 9.97 Å². The average Bonchev–Trinajstić information content (AvgIpc) is 3.09. The molecule has 6 heteroatoms. The summed E-state index contributed by atoms with van der Waals surface area (Å²) in [6, 6.07) is 0. The van der Waals surface area contributed by atoms with E-state index >= 15 is 0 Å². The van der Waals surface area contributed by atoms with Crippen molar-refractivity contribution in [1.29, 1.82) is 0 Å². The van der Waals surface area contributed by atoms with Crippen molar-refractivity contribution in [3.05, 3.63) is 36.4 Å². The van der Waals surface area contributed by atoms with Crippen LogP contribution >= 0.6 is 0 Å². The highest BCUT2D eigenvalue weighted by Gasteiger charge is 2.26.